The summed E-state index contributed by atoms with van der Waals surface area (Å²) in [5.74, 6) is 0. The first kappa shape index (κ1) is 14.2. The molecule has 0 bridgehead atoms. The lowest BCUT2D eigenvalue weighted by Crippen LogP contribution is -2.36. The number of aromatic nitrogens is 2. The van der Waals surface area contributed by atoms with Crippen LogP contribution in [0, 0.1) is 0 Å². The van der Waals surface area contributed by atoms with Gasteiger partial charge in [0.25, 0.3) is 0 Å². The third-order valence-corrected chi connectivity index (χ3v) is 4.26. The van der Waals surface area contributed by atoms with Gasteiger partial charge in [0.1, 0.15) is 12.5 Å². The Morgan fingerprint density at radius 2 is 2.29 bits per heavy atom. The van der Waals surface area contributed by atoms with Gasteiger partial charge in [-0.2, -0.15) is 0 Å². The van der Waals surface area contributed by atoms with Crippen LogP contribution in [0.5, 0.6) is 0 Å². The number of rotatable bonds is 4. The lowest BCUT2D eigenvalue weighted by Gasteiger charge is -2.17. The molecule has 1 aromatic rings. The molecule has 1 unspecified atom stereocenters. The Hall–Kier alpha value is -0.900. The number of carbonyl (C=O) groups is 2. The lowest BCUT2D eigenvalue weighted by molar-refractivity contribution is -0.107. The van der Waals surface area contributed by atoms with Gasteiger partial charge in [-0.05, 0) is 11.3 Å². The Balaban J connectivity index is 2.77. The molecule has 94 valence electrons. The number of hydrogen-bond acceptors (Lipinski definition) is 6. The third-order valence-electron chi connectivity index (χ3n) is 1.66. The SMILES string of the molecule is CN(C(=O)N(Cl)CC=O)c1nnc([S+](C)[O-])s1. The highest BCUT2D eigenvalue weighted by atomic mass is 35.5. The van der Waals surface area contributed by atoms with Gasteiger partial charge in [0.05, 0.1) is 6.54 Å². The second-order valence-electron chi connectivity index (χ2n) is 2.86. The molecule has 1 aromatic heterocycles. The zero-order chi connectivity index (χ0) is 13.0. The van der Waals surface area contributed by atoms with Crippen molar-refractivity contribution in [2.45, 2.75) is 4.34 Å². The monoisotopic (exact) mass is 296 g/mol. The van der Waals surface area contributed by atoms with Gasteiger partial charge >= 0.3 is 10.4 Å². The number of anilines is 1. The minimum absolute atomic E-state index is 0.226. The van der Waals surface area contributed by atoms with E-state index in [1.54, 1.807) is 0 Å². The summed E-state index contributed by atoms with van der Waals surface area (Å²) in [4.78, 5) is 23.0. The van der Waals surface area contributed by atoms with Crippen molar-refractivity contribution < 1.29 is 14.1 Å². The predicted molar refractivity (Wildman–Crippen MR) is 64.7 cm³/mol. The standard InChI is InChI=1S/C7H9ClN4O3S2/c1-11(7(14)12(8)3-4-13)5-9-10-6(16-5)17(2)15/h4H,3H2,1-2H3. The van der Waals surface area contributed by atoms with Crippen LogP contribution < -0.4 is 4.90 Å². The molecule has 2 amide bonds. The summed E-state index contributed by atoms with van der Waals surface area (Å²) in [6.45, 7) is -0.226. The highest BCUT2D eigenvalue weighted by Gasteiger charge is 2.22. The van der Waals surface area contributed by atoms with Crippen LogP contribution in [-0.2, 0) is 16.0 Å². The smallest absolute Gasteiger partial charge is 0.341 e. The molecule has 1 heterocycles. The van der Waals surface area contributed by atoms with Crippen LogP contribution in [0.1, 0.15) is 0 Å². The molecule has 10 heteroatoms. The number of halogens is 1. The minimum atomic E-state index is -1.25. The fourth-order valence-corrected chi connectivity index (χ4v) is 2.40. The molecule has 17 heavy (non-hydrogen) atoms. The maximum absolute atomic E-state index is 11.6. The van der Waals surface area contributed by atoms with Crippen LogP contribution in [0.2, 0.25) is 0 Å². The summed E-state index contributed by atoms with van der Waals surface area (Å²) in [7, 11) is 1.44. The van der Waals surface area contributed by atoms with Crippen molar-refractivity contribution in [3.8, 4) is 0 Å². The quantitative estimate of drug-likeness (QED) is 0.349. The second kappa shape index (κ2) is 6.15. The van der Waals surface area contributed by atoms with Crippen molar-refractivity contribution in [1.82, 2.24) is 14.6 Å². The summed E-state index contributed by atoms with van der Waals surface area (Å²) < 4.78 is 12.2. The fourth-order valence-electron chi connectivity index (χ4n) is 0.842. The van der Waals surface area contributed by atoms with Gasteiger partial charge in [-0.1, -0.05) is 5.10 Å². The number of urea groups is 1. The summed E-state index contributed by atoms with van der Waals surface area (Å²) in [5.41, 5.74) is 0. The van der Waals surface area contributed by atoms with Crippen LogP contribution in [0.3, 0.4) is 0 Å². The Labute approximate surface area is 110 Å². The first-order valence-corrected chi connectivity index (χ1v) is 7.00. The topological polar surface area (TPSA) is 89.5 Å². The molecule has 0 fully saturated rings. The van der Waals surface area contributed by atoms with Gasteiger partial charge in [-0.25, -0.2) is 9.21 Å². The molecule has 7 nitrogen and oxygen atoms in total. The van der Waals surface area contributed by atoms with E-state index in [-0.39, 0.29) is 11.7 Å². The van der Waals surface area contributed by atoms with Crippen molar-refractivity contribution in [2.75, 3.05) is 24.7 Å². The third kappa shape index (κ3) is 3.53. The molecule has 0 saturated heterocycles. The predicted octanol–water partition coefficient (Wildman–Crippen LogP) is 0.486. The van der Waals surface area contributed by atoms with E-state index in [2.05, 4.69) is 10.2 Å². The van der Waals surface area contributed by atoms with Crippen molar-refractivity contribution >= 4 is 51.7 Å². The molecule has 0 saturated carbocycles. The van der Waals surface area contributed by atoms with E-state index in [9.17, 15) is 14.1 Å². The fraction of sp³-hybridized carbons (Fsp3) is 0.429. The van der Waals surface area contributed by atoms with Crippen LogP contribution in [0.25, 0.3) is 0 Å². The Morgan fingerprint density at radius 3 is 2.76 bits per heavy atom. The molecule has 0 spiro atoms. The van der Waals surface area contributed by atoms with Gasteiger partial charge in [-0.15, -0.1) is 5.10 Å². The molecule has 1 atom stereocenters. The number of nitrogens with zero attached hydrogens (tertiary/aromatic N) is 4. The summed E-state index contributed by atoms with van der Waals surface area (Å²) in [6.07, 6.45) is 1.97. The lowest BCUT2D eigenvalue weighted by atomic mass is 10.7. The summed E-state index contributed by atoms with van der Waals surface area (Å²) in [6, 6.07) is -0.608. The minimum Gasteiger partial charge on any atom is -0.610 e. The number of carbonyl (C=O) groups excluding carboxylic acids is 2. The maximum Gasteiger partial charge on any atom is 0.341 e. The molecule has 0 aromatic carbocycles. The Bertz CT molecular complexity index is 414. The highest BCUT2D eigenvalue weighted by molar-refractivity contribution is 7.92. The molecule has 0 aliphatic rings. The first-order chi connectivity index (χ1) is 7.97. The number of aldehydes is 1. The summed E-state index contributed by atoms with van der Waals surface area (Å²) in [5, 5.41) is 7.64. The number of amides is 2. The molecule has 1 rings (SSSR count). The van der Waals surface area contributed by atoms with E-state index >= 15 is 0 Å². The summed E-state index contributed by atoms with van der Waals surface area (Å²) >= 11 is 5.33. The van der Waals surface area contributed by atoms with Gasteiger partial charge < -0.3 is 9.35 Å². The average Bonchev–Trinajstić information content (AvgIpc) is 2.76. The second-order valence-corrected chi connectivity index (χ2v) is 5.78. The first-order valence-electron chi connectivity index (χ1n) is 4.29. The van der Waals surface area contributed by atoms with Gasteiger partial charge in [0.15, 0.2) is 0 Å². The van der Waals surface area contributed by atoms with Crippen molar-refractivity contribution in [2.24, 2.45) is 0 Å². The normalized spacial score (nSPS) is 12.0. The van der Waals surface area contributed by atoms with E-state index in [0.29, 0.717) is 10.6 Å². The van der Waals surface area contributed by atoms with E-state index in [4.69, 9.17) is 11.8 Å². The maximum atomic E-state index is 11.6. The Kier molecular flexibility index (Phi) is 5.12. The molecule has 0 aliphatic carbocycles. The van der Waals surface area contributed by atoms with Crippen LogP contribution in [0.4, 0.5) is 9.93 Å². The van der Waals surface area contributed by atoms with E-state index in [0.717, 1.165) is 20.7 Å². The van der Waals surface area contributed by atoms with Crippen LogP contribution in [0.15, 0.2) is 4.34 Å². The molecule has 0 N–H and O–H groups in total. The van der Waals surface area contributed by atoms with Gasteiger partial charge in [0, 0.05) is 30.0 Å². The van der Waals surface area contributed by atoms with Crippen molar-refractivity contribution in [1.29, 1.82) is 0 Å². The average molecular weight is 297 g/mol. The number of hydrogen-bond donors (Lipinski definition) is 0. The van der Waals surface area contributed by atoms with E-state index in [1.165, 1.54) is 13.3 Å². The van der Waals surface area contributed by atoms with Crippen molar-refractivity contribution in [3.05, 3.63) is 0 Å². The molecule has 0 radical (unpaired) electrons. The molecule has 0 aliphatic heterocycles. The largest absolute Gasteiger partial charge is 0.610 e. The Morgan fingerprint density at radius 1 is 1.65 bits per heavy atom. The van der Waals surface area contributed by atoms with Crippen LogP contribution in [-0.4, -0.2) is 51.3 Å². The zero-order valence-corrected chi connectivity index (χ0v) is 11.4. The van der Waals surface area contributed by atoms with Gasteiger partial charge in [-0.3, -0.25) is 4.90 Å². The van der Waals surface area contributed by atoms with E-state index in [1.807, 2.05) is 0 Å². The molecular formula is C7H9ClN4O3S2. The van der Waals surface area contributed by atoms with Gasteiger partial charge in [0.2, 0.25) is 5.13 Å². The zero-order valence-electron chi connectivity index (χ0n) is 8.99. The highest BCUT2D eigenvalue weighted by Crippen LogP contribution is 2.23. The van der Waals surface area contributed by atoms with Crippen molar-refractivity contribution in [3.63, 3.8) is 0 Å². The van der Waals surface area contributed by atoms with Crippen LogP contribution >= 0.6 is 23.1 Å². The molecular weight excluding hydrogens is 288 g/mol. The van der Waals surface area contributed by atoms with E-state index < -0.39 is 17.2 Å².